The number of aliphatic hydroxyl groups is 1. The molecule has 0 radical (unpaired) electrons. The molecule has 3 heterocycles. The summed E-state index contributed by atoms with van der Waals surface area (Å²) in [7, 11) is 0. The van der Waals surface area contributed by atoms with Crippen molar-refractivity contribution >= 4 is 11.7 Å². The van der Waals surface area contributed by atoms with Crippen LogP contribution in [0.2, 0.25) is 0 Å². The summed E-state index contributed by atoms with van der Waals surface area (Å²) in [6, 6.07) is 1.57. The highest BCUT2D eigenvalue weighted by Gasteiger charge is 2.49. The zero-order valence-electron chi connectivity index (χ0n) is 17.4. The van der Waals surface area contributed by atoms with Gasteiger partial charge in [-0.25, -0.2) is 0 Å². The maximum absolute atomic E-state index is 13.5. The van der Waals surface area contributed by atoms with Crippen LogP contribution in [0.4, 0.5) is 0 Å². The van der Waals surface area contributed by atoms with Gasteiger partial charge in [-0.05, 0) is 40.5 Å². The van der Waals surface area contributed by atoms with E-state index in [1.807, 2.05) is 26.8 Å². The predicted octanol–water partition coefficient (Wildman–Crippen LogP) is 2.24. The van der Waals surface area contributed by atoms with Gasteiger partial charge in [-0.2, -0.15) is 0 Å². The number of carbonyl (C=O) groups excluding carboxylic acids is 1. The smallest absolute Gasteiger partial charge is 0.234 e. The molecule has 1 aromatic rings. The summed E-state index contributed by atoms with van der Waals surface area (Å²) >= 11 is 0. The maximum Gasteiger partial charge on any atom is 0.234 e. The molecular formula is C20H32N4O3. The van der Waals surface area contributed by atoms with Crippen molar-refractivity contribution in [2.45, 2.75) is 84.0 Å². The van der Waals surface area contributed by atoms with Crippen molar-refractivity contribution in [3.8, 4) is 0 Å². The summed E-state index contributed by atoms with van der Waals surface area (Å²) < 4.78 is 5.42. The van der Waals surface area contributed by atoms with Gasteiger partial charge in [0.25, 0.3) is 0 Å². The SMILES string of the molecule is Cc1cc(C(C(=O)N2C[C@H](O)CC2C2=NC(C)(C)C(C)(C)N2)C(C)C)on1. The van der Waals surface area contributed by atoms with Crippen molar-refractivity contribution in [2.75, 3.05) is 6.54 Å². The number of rotatable bonds is 4. The molecule has 1 amide bonds. The van der Waals surface area contributed by atoms with Crippen LogP contribution in [0, 0.1) is 12.8 Å². The van der Waals surface area contributed by atoms with E-state index in [4.69, 9.17) is 9.52 Å². The van der Waals surface area contributed by atoms with E-state index in [1.54, 1.807) is 4.90 Å². The van der Waals surface area contributed by atoms with E-state index in [1.165, 1.54) is 0 Å². The van der Waals surface area contributed by atoms with Gasteiger partial charge in [0.2, 0.25) is 5.91 Å². The summed E-state index contributed by atoms with van der Waals surface area (Å²) in [6.45, 7) is 14.5. The lowest BCUT2D eigenvalue weighted by Crippen LogP contribution is -2.54. The van der Waals surface area contributed by atoms with Crippen molar-refractivity contribution in [3.05, 3.63) is 17.5 Å². The molecule has 2 aliphatic heterocycles. The molecule has 2 N–H and O–H groups in total. The van der Waals surface area contributed by atoms with Crippen LogP contribution in [-0.2, 0) is 4.79 Å². The Hall–Kier alpha value is -1.89. The molecule has 3 rings (SSSR count). The van der Waals surface area contributed by atoms with E-state index in [0.717, 1.165) is 11.5 Å². The molecule has 0 saturated carbocycles. The predicted molar refractivity (Wildman–Crippen MR) is 104 cm³/mol. The monoisotopic (exact) mass is 376 g/mol. The first-order valence-electron chi connectivity index (χ1n) is 9.72. The number of hydrogen-bond donors (Lipinski definition) is 2. The van der Waals surface area contributed by atoms with Gasteiger partial charge in [-0.15, -0.1) is 0 Å². The minimum absolute atomic E-state index is 0.0466. The second-order valence-corrected chi connectivity index (χ2v) is 9.29. The Morgan fingerprint density at radius 2 is 2.04 bits per heavy atom. The molecule has 7 nitrogen and oxygen atoms in total. The van der Waals surface area contributed by atoms with Gasteiger partial charge >= 0.3 is 0 Å². The molecule has 0 aliphatic carbocycles. The van der Waals surface area contributed by atoms with Crippen molar-refractivity contribution in [2.24, 2.45) is 10.9 Å². The fourth-order valence-corrected chi connectivity index (χ4v) is 3.86. The Bertz CT molecular complexity index is 750. The molecule has 0 aromatic carbocycles. The molecule has 7 heteroatoms. The molecule has 150 valence electrons. The van der Waals surface area contributed by atoms with E-state index in [9.17, 15) is 9.90 Å². The molecule has 1 fully saturated rings. The van der Waals surface area contributed by atoms with Crippen LogP contribution in [0.15, 0.2) is 15.6 Å². The standard InChI is InChI=1S/C20H32N4O3/c1-11(2)16(15-8-12(3)23-27-15)18(26)24-10-13(25)9-14(24)17-21-19(4,5)20(6,7)22-17/h8,11,13-14,16,25H,9-10H2,1-7H3,(H,21,22)/t13-,14?,16?/m1/s1. The number of aryl methyl sites for hydroxylation is 1. The molecule has 0 spiro atoms. The first-order chi connectivity index (χ1) is 12.4. The third-order valence-electron chi connectivity index (χ3n) is 6.13. The Morgan fingerprint density at radius 1 is 1.37 bits per heavy atom. The highest BCUT2D eigenvalue weighted by Crippen LogP contribution is 2.35. The number of hydrogen-bond acceptors (Lipinski definition) is 6. The molecular weight excluding hydrogens is 344 g/mol. The average molecular weight is 377 g/mol. The largest absolute Gasteiger partial charge is 0.391 e. The average Bonchev–Trinajstić information content (AvgIpc) is 3.16. The fraction of sp³-hybridized carbons (Fsp3) is 0.750. The number of amides is 1. The summed E-state index contributed by atoms with van der Waals surface area (Å²) in [5, 5.41) is 17.8. The van der Waals surface area contributed by atoms with Gasteiger partial charge in [0.1, 0.15) is 17.5 Å². The summed E-state index contributed by atoms with van der Waals surface area (Å²) in [5.41, 5.74) is 0.251. The third-order valence-corrected chi connectivity index (χ3v) is 6.13. The quantitative estimate of drug-likeness (QED) is 0.841. The Balaban J connectivity index is 1.91. The zero-order valence-corrected chi connectivity index (χ0v) is 17.4. The first-order valence-corrected chi connectivity index (χ1v) is 9.72. The summed E-state index contributed by atoms with van der Waals surface area (Å²) in [4.78, 5) is 20.1. The molecule has 3 atom stereocenters. The minimum atomic E-state index is -0.556. The van der Waals surface area contributed by atoms with E-state index in [2.05, 4.69) is 38.2 Å². The van der Waals surface area contributed by atoms with Crippen LogP contribution in [0.3, 0.4) is 0 Å². The van der Waals surface area contributed by atoms with Crippen molar-refractivity contribution in [3.63, 3.8) is 0 Å². The fourth-order valence-electron chi connectivity index (χ4n) is 3.86. The Morgan fingerprint density at radius 3 is 2.52 bits per heavy atom. The Labute approximate surface area is 161 Å². The van der Waals surface area contributed by atoms with Crippen LogP contribution < -0.4 is 5.32 Å². The van der Waals surface area contributed by atoms with Crippen LogP contribution in [-0.4, -0.2) is 56.7 Å². The minimum Gasteiger partial charge on any atom is -0.391 e. The molecule has 0 bridgehead atoms. The van der Waals surface area contributed by atoms with E-state index >= 15 is 0 Å². The lowest BCUT2D eigenvalue weighted by Gasteiger charge is -2.33. The van der Waals surface area contributed by atoms with Gasteiger partial charge in [0.05, 0.1) is 28.9 Å². The number of aromatic nitrogens is 1. The van der Waals surface area contributed by atoms with Crippen molar-refractivity contribution in [1.29, 1.82) is 0 Å². The number of nitrogens with zero attached hydrogens (tertiary/aromatic N) is 3. The zero-order chi connectivity index (χ0) is 20.1. The van der Waals surface area contributed by atoms with Crippen LogP contribution >= 0.6 is 0 Å². The van der Waals surface area contributed by atoms with Gasteiger partial charge in [0.15, 0.2) is 0 Å². The number of amidine groups is 1. The topological polar surface area (TPSA) is 91.0 Å². The highest BCUT2D eigenvalue weighted by atomic mass is 16.5. The maximum atomic E-state index is 13.5. The van der Waals surface area contributed by atoms with Crippen molar-refractivity contribution in [1.82, 2.24) is 15.4 Å². The number of likely N-dealkylation sites (tertiary alicyclic amines) is 1. The molecule has 1 aromatic heterocycles. The van der Waals surface area contributed by atoms with Gasteiger partial charge in [-0.1, -0.05) is 19.0 Å². The summed E-state index contributed by atoms with van der Waals surface area (Å²) in [5.74, 6) is 0.937. The third kappa shape index (κ3) is 3.49. The lowest BCUT2D eigenvalue weighted by atomic mass is 9.85. The molecule has 2 unspecified atom stereocenters. The number of nitrogens with one attached hydrogen (secondary N) is 1. The van der Waals surface area contributed by atoms with Gasteiger partial charge in [-0.3, -0.25) is 9.79 Å². The molecule has 1 saturated heterocycles. The number of aliphatic hydroxyl groups excluding tert-OH is 1. The second-order valence-electron chi connectivity index (χ2n) is 9.29. The number of carbonyl (C=O) groups is 1. The lowest BCUT2D eigenvalue weighted by molar-refractivity contribution is -0.134. The van der Waals surface area contributed by atoms with Crippen molar-refractivity contribution < 1.29 is 14.4 Å². The molecule has 2 aliphatic rings. The van der Waals surface area contributed by atoms with E-state index < -0.39 is 12.0 Å². The normalized spacial score (nSPS) is 27.6. The first kappa shape index (κ1) is 19.9. The summed E-state index contributed by atoms with van der Waals surface area (Å²) in [6.07, 6.45) is -0.0659. The van der Waals surface area contributed by atoms with Crippen LogP contribution in [0.5, 0.6) is 0 Å². The van der Waals surface area contributed by atoms with Crippen LogP contribution in [0.25, 0.3) is 0 Å². The number of aliphatic imine (C=N–C) groups is 1. The Kier molecular flexibility index (Phi) is 4.87. The molecule has 27 heavy (non-hydrogen) atoms. The second kappa shape index (κ2) is 6.62. The van der Waals surface area contributed by atoms with Gasteiger partial charge in [0, 0.05) is 19.0 Å². The number of β-amino-alcohol motifs (C(OH)–C–C–N with tert-alkyl or cyclic N) is 1. The van der Waals surface area contributed by atoms with Gasteiger partial charge < -0.3 is 19.8 Å². The van der Waals surface area contributed by atoms with Crippen LogP contribution in [0.1, 0.15) is 65.3 Å². The van der Waals surface area contributed by atoms with E-state index in [0.29, 0.717) is 18.7 Å². The van der Waals surface area contributed by atoms with E-state index in [-0.39, 0.29) is 28.9 Å². The highest BCUT2D eigenvalue weighted by molar-refractivity contribution is 5.95.